The van der Waals surface area contributed by atoms with E-state index in [1.807, 2.05) is 0 Å². The Labute approximate surface area is 68.3 Å². The molecule has 12 heavy (non-hydrogen) atoms. The van der Waals surface area contributed by atoms with E-state index in [1.54, 1.807) is 0 Å². The summed E-state index contributed by atoms with van der Waals surface area (Å²) < 4.78 is 0. The van der Waals surface area contributed by atoms with Crippen molar-refractivity contribution < 1.29 is 20.1 Å². The molecule has 4 N–H and O–H groups in total. The molecule has 2 atom stereocenters. The number of aromatic amines is 1. The Morgan fingerprint density at radius 1 is 1.50 bits per heavy atom. The van der Waals surface area contributed by atoms with Crippen molar-refractivity contribution in [2.24, 2.45) is 0 Å². The van der Waals surface area contributed by atoms with Crippen LogP contribution < -0.4 is 0 Å². The highest BCUT2D eigenvalue weighted by atomic mass is 16.4. The number of H-pyrrole nitrogens is 1. The van der Waals surface area contributed by atoms with Gasteiger partial charge >= 0.3 is 5.97 Å². The van der Waals surface area contributed by atoms with Gasteiger partial charge in [-0.1, -0.05) is 0 Å². The first-order chi connectivity index (χ1) is 5.63. The van der Waals surface area contributed by atoms with Crippen LogP contribution in [0.15, 0.2) is 18.5 Å². The molecule has 0 saturated carbocycles. The van der Waals surface area contributed by atoms with E-state index >= 15 is 0 Å². The summed E-state index contributed by atoms with van der Waals surface area (Å²) in [5, 5.41) is 26.4. The molecular formula is C7H9NO4. The van der Waals surface area contributed by atoms with Gasteiger partial charge in [0, 0.05) is 18.0 Å². The molecule has 0 fully saturated rings. The quantitative estimate of drug-likeness (QED) is 0.493. The number of aliphatic carboxylic acids is 1. The van der Waals surface area contributed by atoms with Crippen LogP contribution in [0.2, 0.25) is 0 Å². The minimum Gasteiger partial charge on any atom is -0.479 e. The van der Waals surface area contributed by atoms with Crippen molar-refractivity contribution in [2.75, 3.05) is 0 Å². The average Bonchev–Trinajstić information content (AvgIpc) is 2.53. The molecule has 0 radical (unpaired) electrons. The fourth-order valence-electron chi connectivity index (χ4n) is 0.838. The number of aromatic nitrogens is 1. The SMILES string of the molecule is O=C(O)C(O)C(O)c1cc[nH]c1. The minimum atomic E-state index is -1.78. The number of rotatable bonds is 3. The highest BCUT2D eigenvalue weighted by Gasteiger charge is 2.24. The first-order valence-electron chi connectivity index (χ1n) is 3.34. The van der Waals surface area contributed by atoms with Crippen LogP contribution in [-0.2, 0) is 4.79 Å². The van der Waals surface area contributed by atoms with Gasteiger partial charge in [0.05, 0.1) is 0 Å². The van der Waals surface area contributed by atoms with Gasteiger partial charge in [0.25, 0.3) is 0 Å². The Hall–Kier alpha value is -1.33. The van der Waals surface area contributed by atoms with Gasteiger partial charge in [-0.25, -0.2) is 4.79 Å². The van der Waals surface area contributed by atoms with E-state index in [-0.39, 0.29) is 0 Å². The molecule has 0 spiro atoms. The molecule has 0 aliphatic heterocycles. The van der Waals surface area contributed by atoms with Crippen LogP contribution in [0.4, 0.5) is 0 Å². The smallest absolute Gasteiger partial charge is 0.335 e. The Morgan fingerprint density at radius 2 is 2.17 bits per heavy atom. The molecule has 0 aromatic carbocycles. The zero-order valence-corrected chi connectivity index (χ0v) is 6.14. The zero-order valence-electron chi connectivity index (χ0n) is 6.14. The summed E-state index contributed by atoms with van der Waals surface area (Å²) in [6.45, 7) is 0. The summed E-state index contributed by atoms with van der Waals surface area (Å²) in [5.41, 5.74) is 0.352. The van der Waals surface area contributed by atoms with Crippen LogP contribution in [0.25, 0.3) is 0 Å². The maximum Gasteiger partial charge on any atom is 0.335 e. The van der Waals surface area contributed by atoms with Gasteiger partial charge in [-0.15, -0.1) is 0 Å². The van der Waals surface area contributed by atoms with E-state index in [4.69, 9.17) is 10.2 Å². The van der Waals surface area contributed by atoms with Crippen LogP contribution in [-0.4, -0.2) is 32.4 Å². The molecule has 5 nitrogen and oxygen atoms in total. The molecule has 1 aromatic rings. The normalized spacial score (nSPS) is 15.5. The summed E-state index contributed by atoms with van der Waals surface area (Å²) in [6.07, 6.45) is -0.196. The topological polar surface area (TPSA) is 93.6 Å². The van der Waals surface area contributed by atoms with Crippen LogP contribution in [0.3, 0.4) is 0 Å². The van der Waals surface area contributed by atoms with Gasteiger partial charge in [-0.2, -0.15) is 0 Å². The largest absolute Gasteiger partial charge is 0.479 e. The molecule has 1 heterocycles. The minimum absolute atomic E-state index is 0.352. The molecular weight excluding hydrogens is 162 g/mol. The number of carboxylic acids is 1. The van der Waals surface area contributed by atoms with Crippen molar-refractivity contribution in [3.8, 4) is 0 Å². The summed E-state index contributed by atoms with van der Waals surface area (Å²) >= 11 is 0. The monoisotopic (exact) mass is 171 g/mol. The second kappa shape index (κ2) is 3.38. The molecule has 0 amide bonds. The van der Waals surface area contributed by atoms with Gasteiger partial charge in [-0.3, -0.25) is 0 Å². The number of aliphatic hydroxyl groups excluding tert-OH is 2. The van der Waals surface area contributed by atoms with Crippen molar-refractivity contribution in [1.82, 2.24) is 4.98 Å². The Balaban J connectivity index is 2.71. The molecule has 1 rings (SSSR count). The highest BCUT2D eigenvalue weighted by Crippen LogP contribution is 2.15. The van der Waals surface area contributed by atoms with Crippen molar-refractivity contribution in [2.45, 2.75) is 12.2 Å². The predicted molar refractivity (Wildman–Crippen MR) is 39.4 cm³/mol. The third kappa shape index (κ3) is 1.63. The lowest BCUT2D eigenvalue weighted by atomic mass is 10.1. The van der Waals surface area contributed by atoms with Crippen LogP contribution in [0, 0.1) is 0 Å². The Kier molecular flexibility index (Phi) is 2.47. The van der Waals surface area contributed by atoms with E-state index in [2.05, 4.69) is 4.98 Å². The number of carboxylic acid groups (broad SMARTS) is 1. The fraction of sp³-hybridized carbons (Fsp3) is 0.286. The maximum atomic E-state index is 10.2. The van der Waals surface area contributed by atoms with Crippen molar-refractivity contribution in [1.29, 1.82) is 0 Å². The number of aliphatic hydroxyl groups is 2. The average molecular weight is 171 g/mol. The molecule has 0 aliphatic carbocycles. The van der Waals surface area contributed by atoms with E-state index in [1.165, 1.54) is 18.5 Å². The van der Waals surface area contributed by atoms with E-state index in [0.29, 0.717) is 5.56 Å². The van der Waals surface area contributed by atoms with Crippen molar-refractivity contribution in [3.63, 3.8) is 0 Å². The fourth-order valence-corrected chi connectivity index (χ4v) is 0.838. The third-order valence-corrected chi connectivity index (χ3v) is 1.52. The molecule has 0 saturated heterocycles. The second-order valence-electron chi connectivity index (χ2n) is 2.37. The van der Waals surface area contributed by atoms with Gasteiger partial charge in [0.15, 0.2) is 6.10 Å². The number of hydrogen-bond acceptors (Lipinski definition) is 3. The zero-order chi connectivity index (χ0) is 9.14. The Morgan fingerprint density at radius 3 is 2.58 bits per heavy atom. The molecule has 66 valence electrons. The number of carbonyl (C=O) groups is 1. The van der Waals surface area contributed by atoms with Crippen molar-refractivity contribution in [3.05, 3.63) is 24.0 Å². The molecule has 5 heteroatoms. The lowest BCUT2D eigenvalue weighted by Crippen LogP contribution is -2.27. The van der Waals surface area contributed by atoms with Crippen LogP contribution >= 0.6 is 0 Å². The lowest BCUT2D eigenvalue weighted by molar-refractivity contribution is -0.153. The highest BCUT2D eigenvalue weighted by molar-refractivity contribution is 5.73. The van der Waals surface area contributed by atoms with E-state index in [0.717, 1.165) is 0 Å². The van der Waals surface area contributed by atoms with Gasteiger partial charge in [0.2, 0.25) is 0 Å². The van der Waals surface area contributed by atoms with Gasteiger partial charge in [-0.05, 0) is 6.07 Å². The van der Waals surface area contributed by atoms with Crippen molar-refractivity contribution >= 4 is 5.97 Å². The predicted octanol–water partition coefficient (Wildman–Crippen LogP) is -0.506. The second-order valence-corrected chi connectivity index (χ2v) is 2.37. The summed E-state index contributed by atoms with van der Waals surface area (Å²) in [4.78, 5) is 12.9. The lowest BCUT2D eigenvalue weighted by Gasteiger charge is -2.11. The maximum absolute atomic E-state index is 10.2. The standard InChI is InChI=1S/C7H9NO4/c9-5(6(10)7(11)12)4-1-2-8-3-4/h1-3,5-6,8-10H,(H,11,12). The van der Waals surface area contributed by atoms with Crippen LogP contribution in [0.5, 0.6) is 0 Å². The molecule has 0 aliphatic rings. The van der Waals surface area contributed by atoms with E-state index in [9.17, 15) is 9.90 Å². The Bertz CT molecular complexity index is 256. The third-order valence-electron chi connectivity index (χ3n) is 1.52. The number of hydrogen-bond donors (Lipinski definition) is 4. The summed E-state index contributed by atoms with van der Waals surface area (Å²) in [6, 6.07) is 1.50. The first kappa shape index (κ1) is 8.76. The van der Waals surface area contributed by atoms with E-state index < -0.39 is 18.2 Å². The number of nitrogens with one attached hydrogen (secondary N) is 1. The first-order valence-corrected chi connectivity index (χ1v) is 3.34. The molecule has 2 unspecified atom stereocenters. The summed E-state index contributed by atoms with van der Waals surface area (Å²) in [7, 11) is 0. The summed E-state index contributed by atoms with van der Waals surface area (Å²) in [5.74, 6) is -1.44. The van der Waals surface area contributed by atoms with Gasteiger partial charge in [0.1, 0.15) is 6.10 Å². The van der Waals surface area contributed by atoms with Crippen LogP contribution in [0.1, 0.15) is 11.7 Å². The molecule has 0 bridgehead atoms. The molecule has 1 aromatic heterocycles. The van der Waals surface area contributed by atoms with Gasteiger partial charge < -0.3 is 20.3 Å².